The lowest BCUT2D eigenvalue weighted by Gasteiger charge is -2.33. The lowest BCUT2D eigenvalue weighted by molar-refractivity contribution is -0.126. The normalized spacial score (nSPS) is 20.0. The molecule has 0 aromatic rings. The Morgan fingerprint density at radius 1 is 1.07 bits per heavy atom. The van der Waals surface area contributed by atoms with E-state index in [2.05, 4.69) is 17.3 Å². The molecule has 2 aliphatic rings. The molecule has 2 amide bonds. The molecule has 6 nitrogen and oxygen atoms in total. The van der Waals surface area contributed by atoms with Crippen LogP contribution < -0.4 is 5.32 Å². The Morgan fingerprint density at radius 2 is 1.70 bits per heavy atom. The number of nitrogens with one attached hydrogen (secondary N) is 1. The average Bonchev–Trinajstić information content (AvgIpc) is 2.64. The molecule has 0 radical (unpaired) electrons. The molecule has 0 spiro atoms. The van der Waals surface area contributed by atoms with Crippen LogP contribution in [0.4, 0.5) is 4.79 Å². The predicted molar refractivity (Wildman–Crippen MR) is 108 cm³/mol. The zero-order valence-corrected chi connectivity index (χ0v) is 17.8. The minimum Gasteiger partial charge on any atom is -0.444 e. The maximum atomic E-state index is 12.4. The van der Waals surface area contributed by atoms with Crippen LogP contribution in [0.3, 0.4) is 0 Å². The molecular formula is C21H39N3O3. The molecule has 1 saturated carbocycles. The van der Waals surface area contributed by atoms with Crippen LogP contribution in [0.15, 0.2) is 0 Å². The lowest BCUT2D eigenvalue weighted by Crippen LogP contribution is -2.45. The fraction of sp³-hybridized carbons (Fsp3) is 0.905. The van der Waals surface area contributed by atoms with Gasteiger partial charge in [-0.3, -0.25) is 4.79 Å². The molecular weight excluding hydrogens is 342 g/mol. The van der Waals surface area contributed by atoms with Crippen molar-refractivity contribution in [2.75, 3.05) is 33.2 Å². The summed E-state index contributed by atoms with van der Waals surface area (Å²) in [5.41, 5.74) is -0.476. The van der Waals surface area contributed by atoms with Gasteiger partial charge in [-0.05, 0) is 66.5 Å². The largest absolute Gasteiger partial charge is 0.444 e. The van der Waals surface area contributed by atoms with E-state index in [1.807, 2.05) is 20.8 Å². The monoisotopic (exact) mass is 381 g/mol. The van der Waals surface area contributed by atoms with Crippen molar-refractivity contribution in [2.45, 2.75) is 83.8 Å². The van der Waals surface area contributed by atoms with Gasteiger partial charge in [0.1, 0.15) is 5.60 Å². The zero-order valence-electron chi connectivity index (χ0n) is 17.8. The fourth-order valence-corrected chi connectivity index (χ4v) is 4.04. The van der Waals surface area contributed by atoms with Crippen LogP contribution in [0.25, 0.3) is 0 Å². The van der Waals surface area contributed by atoms with Crippen LogP contribution in [0.1, 0.15) is 72.1 Å². The summed E-state index contributed by atoms with van der Waals surface area (Å²) in [6.07, 6.45) is 8.88. The average molecular weight is 382 g/mol. The van der Waals surface area contributed by atoms with Gasteiger partial charge in [-0.25, -0.2) is 4.79 Å². The predicted octanol–water partition coefficient (Wildman–Crippen LogP) is 3.40. The SMILES string of the molecule is CN(CCCNC(=O)C1CCN(C(=O)OC(C)(C)C)CC1)C1CCCCC1. The molecule has 1 heterocycles. The Balaban J connectivity index is 1.59. The summed E-state index contributed by atoms with van der Waals surface area (Å²) in [4.78, 5) is 28.7. The summed E-state index contributed by atoms with van der Waals surface area (Å²) in [7, 11) is 2.21. The first-order valence-corrected chi connectivity index (χ1v) is 10.7. The molecule has 1 aliphatic carbocycles. The molecule has 156 valence electrons. The number of amides is 2. The number of likely N-dealkylation sites (tertiary alicyclic amines) is 1. The third-order valence-electron chi connectivity index (χ3n) is 5.70. The Morgan fingerprint density at radius 3 is 2.30 bits per heavy atom. The van der Waals surface area contributed by atoms with Crippen molar-refractivity contribution in [3.63, 3.8) is 0 Å². The van der Waals surface area contributed by atoms with Crippen LogP contribution in [-0.4, -0.2) is 66.7 Å². The van der Waals surface area contributed by atoms with Crippen LogP contribution in [0, 0.1) is 5.92 Å². The summed E-state index contributed by atoms with van der Waals surface area (Å²) in [5, 5.41) is 3.09. The second-order valence-corrected chi connectivity index (χ2v) is 9.16. The fourth-order valence-electron chi connectivity index (χ4n) is 4.04. The molecule has 0 unspecified atom stereocenters. The first-order chi connectivity index (χ1) is 12.8. The van der Waals surface area contributed by atoms with Crippen molar-refractivity contribution in [1.29, 1.82) is 0 Å². The minimum atomic E-state index is -0.476. The number of rotatable bonds is 6. The van der Waals surface area contributed by atoms with E-state index in [-0.39, 0.29) is 17.9 Å². The standard InChI is InChI=1S/C21H39N3O3/c1-21(2,3)27-20(26)24-15-11-17(12-16-24)19(25)22-13-8-14-23(4)18-9-6-5-7-10-18/h17-18H,5-16H2,1-4H3,(H,22,25). The maximum Gasteiger partial charge on any atom is 0.410 e. The number of ether oxygens (including phenoxy) is 1. The summed E-state index contributed by atoms with van der Waals surface area (Å²) in [6.45, 7) is 8.59. The van der Waals surface area contributed by atoms with Gasteiger partial charge in [0.2, 0.25) is 5.91 Å². The number of piperidine rings is 1. The van der Waals surface area contributed by atoms with Gasteiger partial charge in [0.25, 0.3) is 0 Å². The minimum absolute atomic E-state index is 0.0137. The van der Waals surface area contributed by atoms with E-state index < -0.39 is 5.60 Å². The van der Waals surface area contributed by atoms with Crippen LogP contribution in [0.2, 0.25) is 0 Å². The number of hydrogen-bond acceptors (Lipinski definition) is 4. The highest BCUT2D eigenvalue weighted by Crippen LogP contribution is 2.22. The van der Waals surface area contributed by atoms with E-state index in [4.69, 9.17) is 4.74 Å². The van der Waals surface area contributed by atoms with Crippen LogP contribution >= 0.6 is 0 Å². The summed E-state index contributed by atoms with van der Waals surface area (Å²) in [6, 6.07) is 0.728. The summed E-state index contributed by atoms with van der Waals surface area (Å²) in [5.74, 6) is 0.152. The highest BCUT2D eigenvalue weighted by molar-refractivity contribution is 5.79. The molecule has 0 atom stereocenters. The molecule has 0 aromatic carbocycles. The van der Waals surface area contributed by atoms with E-state index in [9.17, 15) is 9.59 Å². The maximum absolute atomic E-state index is 12.4. The van der Waals surface area contributed by atoms with Gasteiger partial charge >= 0.3 is 6.09 Å². The van der Waals surface area contributed by atoms with Crippen molar-refractivity contribution < 1.29 is 14.3 Å². The second kappa shape index (κ2) is 10.3. The third kappa shape index (κ3) is 7.68. The van der Waals surface area contributed by atoms with Gasteiger partial charge in [0.05, 0.1) is 0 Å². The van der Waals surface area contributed by atoms with Gasteiger partial charge in [-0.1, -0.05) is 19.3 Å². The Labute approximate surface area is 165 Å². The van der Waals surface area contributed by atoms with Crippen LogP contribution in [0.5, 0.6) is 0 Å². The Bertz CT molecular complexity index is 476. The molecule has 0 aromatic heterocycles. The number of nitrogens with zero attached hydrogens (tertiary/aromatic N) is 2. The molecule has 1 N–H and O–H groups in total. The molecule has 2 rings (SSSR count). The van der Waals surface area contributed by atoms with E-state index in [1.54, 1.807) is 4.90 Å². The van der Waals surface area contributed by atoms with E-state index in [0.29, 0.717) is 25.9 Å². The molecule has 1 saturated heterocycles. The molecule has 2 fully saturated rings. The first-order valence-electron chi connectivity index (χ1n) is 10.7. The van der Waals surface area contributed by atoms with Crippen molar-refractivity contribution in [2.24, 2.45) is 5.92 Å². The molecule has 6 heteroatoms. The highest BCUT2D eigenvalue weighted by atomic mass is 16.6. The second-order valence-electron chi connectivity index (χ2n) is 9.16. The van der Waals surface area contributed by atoms with Gasteiger partial charge in [0.15, 0.2) is 0 Å². The summed E-state index contributed by atoms with van der Waals surface area (Å²) >= 11 is 0. The number of hydrogen-bond donors (Lipinski definition) is 1. The molecule has 27 heavy (non-hydrogen) atoms. The topological polar surface area (TPSA) is 61.9 Å². The van der Waals surface area contributed by atoms with Crippen molar-refractivity contribution >= 4 is 12.0 Å². The summed E-state index contributed by atoms with van der Waals surface area (Å²) < 4.78 is 5.41. The van der Waals surface area contributed by atoms with Crippen molar-refractivity contribution in [3.8, 4) is 0 Å². The van der Waals surface area contributed by atoms with Gasteiger partial charge in [0, 0.05) is 31.6 Å². The quantitative estimate of drug-likeness (QED) is 0.716. The third-order valence-corrected chi connectivity index (χ3v) is 5.70. The highest BCUT2D eigenvalue weighted by Gasteiger charge is 2.29. The van der Waals surface area contributed by atoms with E-state index in [1.165, 1.54) is 32.1 Å². The van der Waals surface area contributed by atoms with Crippen LogP contribution in [-0.2, 0) is 9.53 Å². The lowest BCUT2D eigenvalue weighted by atomic mass is 9.94. The molecule has 1 aliphatic heterocycles. The van der Waals surface area contributed by atoms with Gasteiger partial charge < -0.3 is 19.9 Å². The van der Waals surface area contributed by atoms with Crippen molar-refractivity contribution in [1.82, 2.24) is 15.1 Å². The number of carbonyl (C=O) groups excluding carboxylic acids is 2. The zero-order chi connectivity index (χ0) is 19.9. The molecule has 0 bridgehead atoms. The smallest absolute Gasteiger partial charge is 0.410 e. The Hall–Kier alpha value is -1.30. The first kappa shape index (κ1) is 22.0. The van der Waals surface area contributed by atoms with E-state index >= 15 is 0 Å². The number of carbonyl (C=O) groups is 2. The van der Waals surface area contributed by atoms with E-state index in [0.717, 1.165) is 25.6 Å². The van der Waals surface area contributed by atoms with Crippen molar-refractivity contribution in [3.05, 3.63) is 0 Å². The Kier molecular flexibility index (Phi) is 8.39. The van der Waals surface area contributed by atoms with Gasteiger partial charge in [-0.15, -0.1) is 0 Å². The van der Waals surface area contributed by atoms with Gasteiger partial charge in [-0.2, -0.15) is 0 Å².